The third kappa shape index (κ3) is 4.29. The average Bonchev–Trinajstić information content (AvgIpc) is 3.29. The van der Waals surface area contributed by atoms with Crippen molar-refractivity contribution in [2.75, 3.05) is 17.7 Å². The molecule has 4 aromatic rings. The summed E-state index contributed by atoms with van der Waals surface area (Å²) < 4.78 is 22.0. The van der Waals surface area contributed by atoms with E-state index >= 15 is 4.39 Å². The molecule has 1 aliphatic heterocycles. The van der Waals surface area contributed by atoms with Crippen LogP contribution in [0.2, 0.25) is 10.0 Å². The van der Waals surface area contributed by atoms with E-state index in [4.69, 9.17) is 27.9 Å². The van der Waals surface area contributed by atoms with Gasteiger partial charge in [0.2, 0.25) is 5.95 Å². The van der Waals surface area contributed by atoms with Gasteiger partial charge in [0.05, 0.1) is 28.4 Å². The molecule has 10 heteroatoms. The third-order valence-corrected chi connectivity index (χ3v) is 6.57. The quantitative estimate of drug-likeness (QED) is 0.319. The molecule has 1 aliphatic rings. The van der Waals surface area contributed by atoms with Crippen molar-refractivity contribution < 1.29 is 13.9 Å². The molecule has 1 unspecified atom stereocenters. The molecule has 1 aromatic heterocycles. The monoisotopic (exact) mass is 523 g/mol. The molecular weight excluding hydrogens is 504 g/mol. The highest BCUT2D eigenvalue weighted by Crippen LogP contribution is 2.38. The third-order valence-electron chi connectivity index (χ3n) is 5.83. The first kappa shape index (κ1) is 23.8. The van der Waals surface area contributed by atoms with E-state index in [0.29, 0.717) is 44.5 Å². The number of fused-ring (bicyclic) bond motifs is 1. The maximum absolute atomic E-state index is 15.1. The van der Waals surface area contributed by atoms with Crippen molar-refractivity contribution in [3.05, 3.63) is 99.4 Å². The lowest BCUT2D eigenvalue weighted by Crippen LogP contribution is -2.32. The number of para-hydroxylation sites is 2. The zero-order valence-electron chi connectivity index (χ0n) is 19.2. The Bertz CT molecular complexity index is 1520. The van der Waals surface area contributed by atoms with E-state index in [2.05, 4.69) is 20.7 Å². The number of amides is 1. The van der Waals surface area contributed by atoms with Gasteiger partial charge in [0.1, 0.15) is 17.6 Å². The normalized spacial score (nSPS) is 14.8. The van der Waals surface area contributed by atoms with Gasteiger partial charge in [-0.05, 0) is 43.3 Å². The van der Waals surface area contributed by atoms with E-state index < -0.39 is 17.8 Å². The van der Waals surface area contributed by atoms with Crippen molar-refractivity contribution >= 4 is 40.7 Å². The number of aromatic nitrogens is 3. The molecule has 2 heterocycles. The number of anilines is 2. The van der Waals surface area contributed by atoms with E-state index in [0.717, 1.165) is 0 Å². The van der Waals surface area contributed by atoms with Crippen molar-refractivity contribution in [1.82, 2.24) is 14.8 Å². The average molecular weight is 524 g/mol. The van der Waals surface area contributed by atoms with Gasteiger partial charge in [-0.3, -0.25) is 4.79 Å². The molecule has 0 aliphatic carbocycles. The number of nitrogens with zero attached hydrogens (tertiary/aromatic N) is 3. The number of nitrogens with one attached hydrogen (secondary N) is 2. The predicted octanol–water partition coefficient (Wildman–Crippen LogP) is 6.33. The van der Waals surface area contributed by atoms with E-state index in [1.54, 1.807) is 67.6 Å². The van der Waals surface area contributed by atoms with E-state index in [-0.39, 0.29) is 11.1 Å². The number of hydrogen-bond acceptors (Lipinski definition) is 5. The van der Waals surface area contributed by atoms with E-state index in [1.165, 1.54) is 17.9 Å². The van der Waals surface area contributed by atoms with Crippen LogP contribution in [0.5, 0.6) is 5.75 Å². The molecule has 3 aromatic carbocycles. The highest BCUT2D eigenvalue weighted by molar-refractivity contribution is 6.42. The lowest BCUT2D eigenvalue weighted by atomic mass is 9.94. The van der Waals surface area contributed by atoms with Gasteiger partial charge in [-0.25, -0.2) is 9.07 Å². The van der Waals surface area contributed by atoms with Gasteiger partial charge in [-0.15, -0.1) is 5.10 Å². The van der Waals surface area contributed by atoms with Gasteiger partial charge in [0, 0.05) is 16.8 Å². The number of halogens is 3. The molecule has 7 nitrogen and oxygen atoms in total. The van der Waals surface area contributed by atoms with Crippen LogP contribution in [0.25, 0.3) is 11.4 Å². The summed E-state index contributed by atoms with van der Waals surface area (Å²) >= 11 is 12.3. The molecule has 0 spiro atoms. The smallest absolute Gasteiger partial charge is 0.255 e. The van der Waals surface area contributed by atoms with Gasteiger partial charge >= 0.3 is 0 Å². The fraction of sp³-hybridized carbons (Fsp3) is 0.115. The fourth-order valence-corrected chi connectivity index (χ4v) is 4.42. The topological polar surface area (TPSA) is 81.1 Å². The molecule has 182 valence electrons. The summed E-state index contributed by atoms with van der Waals surface area (Å²) in [5.41, 5.74) is 2.17. The Labute approximate surface area is 216 Å². The lowest BCUT2D eigenvalue weighted by molar-refractivity contribution is -0.113. The molecular formula is C26H20Cl2FN5O2. The Hall–Kier alpha value is -3.88. The SMILES string of the molecule is COc1ccccc1NC(=O)C1=C(C)Nc2nc(-c3ccc(Cl)c(Cl)c3)nn2C1c1ccccc1F. The Morgan fingerprint density at radius 3 is 2.58 bits per heavy atom. The van der Waals surface area contributed by atoms with Crippen LogP contribution in [0.4, 0.5) is 16.0 Å². The van der Waals surface area contributed by atoms with Crippen LogP contribution in [-0.4, -0.2) is 27.8 Å². The molecule has 0 bridgehead atoms. The minimum absolute atomic E-state index is 0.273. The van der Waals surface area contributed by atoms with Crippen LogP contribution in [0.3, 0.4) is 0 Å². The standard InChI is InChI=1S/C26H20Cl2FN5O2/c1-14-22(25(35)31-20-9-5-6-10-21(20)36-2)23(16-7-3-4-8-19(16)29)34-26(30-14)32-24(33-34)15-11-12-17(27)18(28)13-15/h3-13,23H,1-2H3,(H,31,35)(H,30,32,33). The van der Waals surface area contributed by atoms with Crippen molar-refractivity contribution in [3.8, 4) is 17.1 Å². The van der Waals surface area contributed by atoms with Gasteiger partial charge in [-0.2, -0.15) is 4.98 Å². The first-order valence-electron chi connectivity index (χ1n) is 11.0. The minimum atomic E-state index is -0.888. The van der Waals surface area contributed by atoms with Crippen LogP contribution in [-0.2, 0) is 4.79 Å². The summed E-state index contributed by atoms with van der Waals surface area (Å²) in [7, 11) is 1.52. The summed E-state index contributed by atoms with van der Waals surface area (Å²) in [6, 6.07) is 17.5. The van der Waals surface area contributed by atoms with Crippen molar-refractivity contribution in [2.45, 2.75) is 13.0 Å². The van der Waals surface area contributed by atoms with Gasteiger partial charge < -0.3 is 15.4 Å². The highest BCUT2D eigenvalue weighted by atomic mass is 35.5. The summed E-state index contributed by atoms with van der Waals surface area (Å²) in [6.45, 7) is 1.74. The number of carbonyl (C=O) groups excluding carboxylic acids is 1. The van der Waals surface area contributed by atoms with Crippen molar-refractivity contribution in [2.24, 2.45) is 0 Å². The van der Waals surface area contributed by atoms with Gasteiger partial charge in [-0.1, -0.05) is 53.5 Å². The summed E-state index contributed by atoms with van der Waals surface area (Å²) in [6.07, 6.45) is 0. The van der Waals surface area contributed by atoms with E-state index in [9.17, 15) is 4.79 Å². The first-order chi connectivity index (χ1) is 17.4. The largest absolute Gasteiger partial charge is 0.495 e. The summed E-state index contributed by atoms with van der Waals surface area (Å²) in [5, 5.41) is 11.4. The predicted molar refractivity (Wildman–Crippen MR) is 138 cm³/mol. The van der Waals surface area contributed by atoms with Gasteiger partial charge in [0.25, 0.3) is 5.91 Å². The molecule has 5 rings (SSSR count). The number of allylic oxidation sites excluding steroid dienone is 1. The van der Waals surface area contributed by atoms with Crippen LogP contribution in [0.15, 0.2) is 78.0 Å². The van der Waals surface area contributed by atoms with Crippen molar-refractivity contribution in [1.29, 1.82) is 0 Å². The molecule has 1 atom stereocenters. The summed E-state index contributed by atoms with van der Waals surface area (Å²) in [4.78, 5) is 18.2. The molecule has 0 saturated heterocycles. The zero-order chi connectivity index (χ0) is 25.4. The highest BCUT2D eigenvalue weighted by Gasteiger charge is 2.36. The zero-order valence-corrected chi connectivity index (χ0v) is 20.7. The number of carbonyl (C=O) groups is 1. The van der Waals surface area contributed by atoms with Crippen molar-refractivity contribution in [3.63, 3.8) is 0 Å². The lowest BCUT2D eigenvalue weighted by Gasteiger charge is -2.29. The van der Waals surface area contributed by atoms with E-state index in [1.807, 2.05) is 0 Å². The second kappa shape index (κ2) is 9.64. The Balaban J connectivity index is 1.62. The maximum Gasteiger partial charge on any atom is 0.255 e. The molecule has 0 fully saturated rings. The number of ether oxygens (including phenoxy) is 1. The Morgan fingerprint density at radius 1 is 1.08 bits per heavy atom. The number of rotatable bonds is 5. The molecule has 0 radical (unpaired) electrons. The Morgan fingerprint density at radius 2 is 1.83 bits per heavy atom. The number of methoxy groups -OCH3 is 1. The second-order valence-corrected chi connectivity index (χ2v) is 8.89. The minimum Gasteiger partial charge on any atom is -0.495 e. The van der Waals surface area contributed by atoms with Crippen LogP contribution >= 0.6 is 23.2 Å². The first-order valence-corrected chi connectivity index (χ1v) is 11.7. The van der Waals surface area contributed by atoms with Gasteiger partial charge in [0.15, 0.2) is 5.82 Å². The number of benzene rings is 3. The molecule has 1 amide bonds. The molecule has 36 heavy (non-hydrogen) atoms. The second-order valence-electron chi connectivity index (χ2n) is 8.07. The molecule has 2 N–H and O–H groups in total. The van der Waals surface area contributed by atoms with Crippen LogP contribution < -0.4 is 15.4 Å². The van der Waals surface area contributed by atoms with Crippen LogP contribution in [0, 0.1) is 5.82 Å². The molecule has 0 saturated carbocycles. The van der Waals surface area contributed by atoms with Crippen LogP contribution in [0.1, 0.15) is 18.5 Å². The Kier molecular flexibility index (Phi) is 6.38. The number of hydrogen-bond donors (Lipinski definition) is 2. The fourth-order valence-electron chi connectivity index (χ4n) is 4.12. The summed E-state index contributed by atoms with van der Waals surface area (Å²) in [5.74, 6) is 0.290. The maximum atomic E-state index is 15.1.